The van der Waals surface area contributed by atoms with Crippen molar-refractivity contribution >= 4 is 0 Å². The average molecular weight is 483 g/mol. The van der Waals surface area contributed by atoms with Crippen LogP contribution in [0.5, 0.6) is 0 Å². The maximum absolute atomic E-state index is 15.0. The number of hydrogen-bond donors (Lipinski definition) is 0. The maximum atomic E-state index is 15.0. The zero-order valence-electron chi connectivity index (χ0n) is 20.7. The maximum Gasteiger partial charge on any atom is 0.162 e. The summed E-state index contributed by atoms with van der Waals surface area (Å²) in [5.74, 6) is 0.0433. The molecule has 3 fully saturated rings. The Balaban J connectivity index is 1.13. The van der Waals surface area contributed by atoms with Gasteiger partial charge in [0, 0.05) is 0 Å². The lowest BCUT2D eigenvalue weighted by atomic mass is 9.76. The predicted octanol–water partition coefficient (Wildman–Crippen LogP) is 8.93. The predicted molar refractivity (Wildman–Crippen MR) is 134 cm³/mol. The molecule has 1 unspecified atom stereocenters. The summed E-state index contributed by atoms with van der Waals surface area (Å²) in [5, 5.41) is 0. The van der Waals surface area contributed by atoms with E-state index in [9.17, 15) is 13.2 Å². The normalized spacial score (nSPS) is 29.0. The third-order valence-corrected chi connectivity index (χ3v) is 8.71. The fraction of sp³-hybridized carbons (Fsp3) is 0.548. The van der Waals surface area contributed by atoms with Crippen molar-refractivity contribution in [2.45, 2.75) is 89.1 Å². The molecule has 0 amide bonds. The molecule has 0 radical (unpaired) electrons. The van der Waals surface area contributed by atoms with Crippen LogP contribution in [0, 0.1) is 29.3 Å². The molecular formula is C31H37F3O. The Morgan fingerprint density at radius 3 is 2.14 bits per heavy atom. The first-order valence-electron chi connectivity index (χ1n) is 13.5. The number of ether oxygens (including phenoxy) is 1. The monoisotopic (exact) mass is 482 g/mol. The van der Waals surface area contributed by atoms with Crippen molar-refractivity contribution in [2.24, 2.45) is 11.8 Å². The summed E-state index contributed by atoms with van der Waals surface area (Å²) in [6.45, 7) is 2.73. The molecule has 1 saturated heterocycles. The second-order valence-electron chi connectivity index (χ2n) is 10.9. The van der Waals surface area contributed by atoms with Crippen LogP contribution in [0.3, 0.4) is 0 Å². The summed E-state index contributed by atoms with van der Waals surface area (Å²) in [6, 6.07) is 9.22. The van der Waals surface area contributed by atoms with E-state index in [1.807, 2.05) is 31.2 Å². The second-order valence-corrected chi connectivity index (χ2v) is 10.9. The van der Waals surface area contributed by atoms with Gasteiger partial charge in [-0.1, -0.05) is 36.4 Å². The van der Waals surface area contributed by atoms with Crippen LogP contribution in [0.1, 0.15) is 105 Å². The van der Waals surface area contributed by atoms with Gasteiger partial charge in [0.05, 0.1) is 6.61 Å². The van der Waals surface area contributed by atoms with Crippen molar-refractivity contribution < 1.29 is 17.9 Å². The summed E-state index contributed by atoms with van der Waals surface area (Å²) in [7, 11) is 0. The number of rotatable bonds is 7. The van der Waals surface area contributed by atoms with E-state index >= 15 is 0 Å². The summed E-state index contributed by atoms with van der Waals surface area (Å²) in [6.07, 6.45) is 13.7. The van der Waals surface area contributed by atoms with E-state index in [4.69, 9.17) is 4.74 Å². The zero-order chi connectivity index (χ0) is 24.4. The minimum atomic E-state index is -0.645. The highest BCUT2D eigenvalue weighted by molar-refractivity contribution is 5.31. The Labute approximate surface area is 207 Å². The van der Waals surface area contributed by atoms with E-state index in [2.05, 4.69) is 12.2 Å². The molecule has 2 aromatic rings. The third-order valence-electron chi connectivity index (χ3n) is 8.71. The van der Waals surface area contributed by atoms with Crippen LogP contribution < -0.4 is 0 Å². The largest absolute Gasteiger partial charge is 0.368 e. The molecule has 0 spiro atoms. The van der Waals surface area contributed by atoms with Crippen LogP contribution in [0.2, 0.25) is 0 Å². The minimum absolute atomic E-state index is 0.0758. The van der Waals surface area contributed by atoms with E-state index in [-0.39, 0.29) is 23.8 Å². The molecule has 1 heterocycles. The Hall–Kier alpha value is -2.07. The first-order chi connectivity index (χ1) is 17.0. The Morgan fingerprint density at radius 1 is 0.829 bits per heavy atom. The molecule has 3 aliphatic rings. The molecule has 2 aliphatic carbocycles. The minimum Gasteiger partial charge on any atom is -0.368 e. The van der Waals surface area contributed by atoms with Crippen LogP contribution in [0.15, 0.2) is 42.5 Å². The van der Waals surface area contributed by atoms with Crippen LogP contribution >= 0.6 is 0 Å². The lowest BCUT2D eigenvalue weighted by molar-refractivity contribution is 0.305. The fourth-order valence-electron chi connectivity index (χ4n) is 6.44. The topological polar surface area (TPSA) is 12.5 Å². The van der Waals surface area contributed by atoms with Gasteiger partial charge in [-0.2, -0.15) is 0 Å². The molecule has 5 rings (SSSR count). The molecule has 2 saturated carbocycles. The summed E-state index contributed by atoms with van der Waals surface area (Å²) < 4.78 is 49.9. The van der Waals surface area contributed by atoms with Gasteiger partial charge in [-0.05, 0) is 123 Å². The zero-order valence-corrected chi connectivity index (χ0v) is 20.7. The summed E-state index contributed by atoms with van der Waals surface area (Å²) in [4.78, 5) is 0. The van der Waals surface area contributed by atoms with Gasteiger partial charge in [-0.15, -0.1) is 0 Å². The van der Waals surface area contributed by atoms with E-state index in [1.165, 1.54) is 0 Å². The molecule has 4 heteroatoms. The molecule has 2 aromatic carbocycles. The van der Waals surface area contributed by atoms with E-state index in [0.717, 1.165) is 68.9 Å². The number of benzene rings is 2. The fourth-order valence-corrected chi connectivity index (χ4v) is 6.44. The highest BCUT2D eigenvalue weighted by Crippen LogP contribution is 2.41. The van der Waals surface area contributed by atoms with Crippen LogP contribution in [-0.2, 0) is 11.2 Å². The van der Waals surface area contributed by atoms with E-state index in [1.54, 1.807) is 6.07 Å². The standard InChI is InChI=1S/C31H37F3O/c1-2-3-20-4-11-23(12-5-20)27-17-14-24(30(33)31(27)34)13-8-21-6-9-22(10-7-21)26-16-15-25(18-28(26)32)29-19-35-29/h2-3,14-18,20-23,29H,4-13,19H2,1H3/b3-2+. The molecule has 35 heavy (non-hydrogen) atoms. The van der Waals surface area contributed by atoms with Crippen LogP contribution in [-0.4, -0.2) is 6.61 Å². The lowest BCUT2D eigenvalue weighted by Crippen LogP contribution is -2.16. The molecule has 0 aromatic heterocycles. The molecule has 0 bridgehead atoms. The SMILES string of the molecule is C/C=C/C1CCC(c2ccc(CCC3CCC(c4ccc(C5CO5)cc4F)CC3)c(F)c2F)CC1. The molecule has 1 aliphatic heterocycles. The number of hydrogen-bond acceptors (Lipinski definition) is 1. The van der Waals surface area contributed by atoms with Crippen molar-refractivity contribution in [2.75, 3.05) is 6.61 Å². The van der Waals surface area contributed by atoms with Crippen molar-refractivity contribution in [1.82, 2.24) is 0 Å². The van der Waals surface area contributed by atoms with Crippen LogP contribution in [0.4, 0.5) is 13.2 Å². The molecule has 1 atom stereocenters. The number of halogens is 3. The Bertz CT molecular complexity index is 1040. The number of aryl methyl sites for hydroxylation is 1. The lowest BCUT2D eigenvalue weighted by Gasteiger charge is -2.29. The Kier molecular flexibility index (Phi) is 7.67. The van der Waals surface area contributed by atoms with E-state index in [0.29, 0.717) is 36.0 Å². The second kappa shape index (κ2) is 10.9. The van der Waals surface area contributed by atoms with Crippen molar-refractivity contribution in [1.29, 1.82) is 0 Å². The molecular weight excluding hydrogens is 445 g/mol. The molecule has 1 nitrogen and oxygen atoms in total. The first-order valence-corrected chi connectivity index (χ1v) is 13.5. The molecule has 0 N–H and O–H groups in total. The highest BCUT2D eigenvalue weighted by Gasteiger charge is 2.29. The van der Waals surface area contributed by atoms with Crippen LogP contribution in [0.25, 0.3) is 0 Å². The third kappa shape index (κ3) is 5.69. The number of allylic oxidation sites excluding steroid dienone is 2. The van der Waals surface area contributed by atoms with Gasteiger partial charge in [0.2, 0.25) is 0 Å². The van der Waals surface area contributed by atoms with Gasteiger partial charge in [0.25, 0.3) is 0 Å². The van der Waals surface area contributed by atoms with Gasteiger partial charge in [-0.3, -0.25) is 0 Å². The van der Waals surface area contributed by atoms with Gasteiger partial charge in [0.15, 0.2) is 11.6 Å². The Morgan fingerprint density at radius 2 is 1.49 bits per heavy atom. The summed E-state index contributed by atoms with van der Waals surface area (Å²) in [5.41, 5.74) is 2.81. The van der Waals surface area contributed by atoms with Crippen molar-refractivity contribution in [3.8, 4) is 0 Å². The average Bonchev–Trinajstić information content (AvgIpc) is 3.72. The smallest absolute Gasteiger partial charge is 0.162 e. The van der Waals surface area contributed by atoms with Crippen molar-refractivity contribution in [3.05, 3.63) is 82.2 Å². The van der Waals surface area contributed by atoms with Crippen molar-refractivity contribution in [3.63, 3.8) is 0 Å². The quantitative estimate of drug-likeness (QED) is 0.283. The molecule has 188 valence electrons. The van der Waals surface area contributed by atoms with Gasteiger partial charge in [0.1, 0.15) is 11.9 Å². The summed E-state index contributed by atoms with van der Waals surface area (Å²) >= 11 is 0. The van der Waals surface area contributed by atoms with Gasteiger partial charge >= 0.3 is 0 Å². The first kappa shape index (κ1) is 24.6. The number of epoxide rings is 1. The van der Waals surface area contributed by atoms with Gasteiger partial charge in [-0.25, -0.2) is 13.2 Å². The van der Waals surface area contributed by atoms with E-state index < -0.39 is 11.6 Å². The highest BCUT2D eigenvalue weighted by atomic mass is 19.2. The van der Waals surface area contributed by atoms with Gasteiger partial charge < -0.3 is 4.74 Å².